The number of methoxy groups -OCH3 is 1. The maximum absolute atomic E-state index is 12.4. The molecule has 1 N–H and O–H groups in total. The van der Waals surface area contributed by atoms with Crippen molar-refractivity contribution in [2.75, 3.05) is 19.1 Å². The summed E-state index contributed by atoms with van der Waals surface area (Å²) in [6, 6.07) is 6.14. The van der Waals surface area contributed by atoms with E-state index in [2.05, 4.69) is 20.8 Å². The number of ether oxygens (including phenoxy) is 1. The van der Waals surface area contributed by atoms with Crippen molar-refractivity contribution in [3.05, 3.63) is 36.2 Å². The molecular formula is C14H17N5O3S. The Balaban J connectivity index is 2.12. The molecule has 0 aliphatic rings. The third-order valence-electron chi connectivity index (χ3n) is 3.12. The molecule has 0 spiro atoms. The fourth-order valence-electron chi connectivity index (χ4n) is 1.94. The number of carbonyl (C=O) groups is 2. The minimum absolute atomic E-state index is 0.351. The maximum atomic E-state index is 12.4. The average molecular weight is 335 g/mol. The van der Waals surface area contributed by atoms with Crippen LogP contribution in [-0.2, 0) is 9.53 Å². The summed E-state index contributed by atoms with van der Waals surface area (Å²) in [6.07, 6.45) is 3.88. The second kappa shape index (κ2) is 8.28. The lowest BCUT2D eigenvalue weighted by Crippen LogP contribution is -2.42. The Hall–Kier alpha value is -2.42. The standard InChI is InChI=1S/C14H17N5O3S/c1-22-14(21)12(6-7-23-2)16-13(20)10-4-3-5-11(8-10)19-9-15-17-18-19/h3-5,8-9,12H,6-7H2,1-2H3,(H,16,20)/t12-/m1/s1. The first-order valence-electron chi connectivity index (χ1n) is 6.86. The van der Waals surface area contributed by atoms with E-state index in [1.54, 1.807) is 36.0 Å². The fraction of sp³-hybridized carbons (Fsp3) is 0.357. The highest BCUT2D eigenvalue weighted by Crippen LogP contribution is 2.10. The summed E-state index contributed by atoms with van der Waals surface area (Å²) in [5.74, 6) is -0.0643. The van der Waals surface area contributed by atoms with Gasteiger partial charge >= 0.3 is 5.97 Å². The number of nitrogens with zero attached hydrogens (tertiary/aromatic N) is 4. The molecule has 0 saturated heterocycles. The Morgan fingerprint density at radius 2 is 2.26 bits per heavy atom. The van der Waals surface area contributed by atoms with Crippen LogP contribution in [0.2, 0.25) is 0 Å². The number of hydrogen-bond donors (Lipinski definition) is 1. The third kappa shape index (κ3) is 4.52. The van der Waals surface area contributed by atoms with Crippen molar-refractivity contribution < 1.29 is 14.3 Å². The Bertz CT molecular complexity index is 662. The van der Waals surface area contributed by atoms with Crippen LogP contribution < -0.4 is 5.32 Å². The molecule has 1 heterocycles. The predicted molar refractivity (Wildman–Crippen MR) is 85.4 cm³/mol. The lowest BCUT2D eigenvalue weighted by atomic mass is 10.1. The van der Waals surface area contributed by atoms with E-state index in [0.29, 0.717) is 17.7 Å². The summed E-state index contributed by atoms with van der Waals surface area (Å²) in [5.41, 5.74) is 1.07. The molecule has 0 aliphatic heterocycles. The molecule has 0 unspecified atom stereocenters. The van der Waals surface area contributed by atoms with E-state index < -0.39 is 12.0 Å². The molecule has 0 fully saturated rings. The number of hydrogen-bond acceptors (Lipinski definition) is 7. The van der Waals surface area contributed by atoms with Crippen molar-refractivity contribution in [3.8, 4) is 5.69 Å². The summed E-state index contributed by atoms with van der Waals surface area (Å²) < 4.78 is 6.18. The molecular weight excluding hydrogens is 318 g/mol. The third-order valence-corrected chi connectivity index (χ3v) is 3.77. The molecule has 1 aromatic carbocycles. The lowest BCUT2D eigenvalue weighted by molar-refractivity contribution is -0.142. The van der Waals surface area contributed by atoms with Gasteiger partial charge in [0.1, 0.15) is 12.4 Å². The Kier molecular flexibility index (Phi) is 6.10. The van der Waals surface area contributed by atoms with Gasteiger partial charge in [-0.1, -0.05) is 6.07 Å². The predicted octanol–water partition coefficient (Wildman–Crippen LogP) is 0.687. The molecule has 1 aromatic heterocycles. The highest BCUT2D eigenvalue weighted by Gasteiger charge is 2.21. The zero-order chi connectivity index (χ0) is 16.7. The van der Waals surface area contributed by atoms with Gasteiger partial charge in [0.05, 0.1) is 12.8 Å². The van der Waals surface area contributed by atoms with Gasteiger partial charge in [0.15, 0.2) is 0 Å². The molecule has 8 nitrogen and oxygen atoms in total. The summed E-state index contributed by atoms with van der Waals surface area (Å²) >= 11 is 1.60. The average Bonchev–Trinajstić information content (AvgIpc) is 3.12. The van der Waals surface area contributed by atoms with Gasteiger partial charge in [-0.15, -0.1) is 5.10 Å². The quantitative estimate of drug-likeness (QED) is 0.743. The molecule has 0 bridgehead atoms. The van der Waals surface area contributed by atoms with Gasteiger partial charge in [-0.2, -0.15) is 11.8 Å². The van der Waals surface area contributed by atoms with E-state index in [1.807, 2.05) is 6.26 Å². The molecule has 23 heavy (non-hydrogen) atoms. The van der Waals surface area contributed by atoms with E-state index >= 15 is 0 Å². The van der Waals surface area contributed by atoms with Gasteiger partial charge in [-0.05, 0) is 47.1 Å². The maximum Gasteiger partial charge on any atom is 0.328 e. The molecule has 122 valence electrons. The number of aromatic nitrogens is 4. The Morgan fingerprint density at radius 3 is 2.91 bits per heavy atom. The smallest absolute Gasteiger partial charge is 0.328 e. The van der Waals surface area contributed by atoms with Crippen LogP contribution in [0.25, 0.3) is 5.69 Å². The van der Waals surface area contributed by atoms with Gasteiger partial charge in [0.2, 0.25) is 0 Å². The molecule has 9 heteroatoms. The van der Waals surface area contributed by atoms with Gasteiger partial charge < -0.3 is 10.1 Å². The summed E-state index contributed by atoms with van der Waals surface area (Å²) in [6.45, 7) is 0. The molecule has 0 saturated carbocycles. The number of rotatable bonds is 7. The number of esters is 1. The minimum atomic E-state index is -0.670. The van der Waals surface area contributed by atoms with E-state index in [9.17, 15) is 9.59 Å². The molecule has 1 amide bonds. The molecule has 2 aromatic rings. The first-order chi connectivity index (χ1) is 11.2. The van der Waals surface area contributed by atoms with E-state index in [0.717, 1.165) is 5.75 Å². The minimum Gasteiger partial charge on any atom is -0.467 e. The number of thioether (sulfide) groups is 1. The number of amides is 1. The number of tetrazole rings is 1. The second-order valence-corrected chi connectivity index (χ2v) is 5.62. The molecule has 0 aliphatic carbocycles. The topological polar surface area (TPSA) is 99.0 Å². The van der Waals surface area contributed by atoms with Crippen molar-refractivity contribution in [1.29, 1.82) is 0 Å². The monoisotopic (exact) mass is 335 g/mol. The first-order valence-corrected chi connectivity index (χ1v) is 8.26. The van der Waals surface area contributed by atoms with Crippen LogP contribution in [0.1, 0.15) is 16.8 Å². The summed E-state index contributed by atoms with van der Waals surface area (Å²) in [4.78, 5) is 24.1. The zero-order valence-corrected chi connectivity index (χ0v) is 13.6. The van der Waals surface area contributed by atoms with Crippen LogP contribution in [0.4, 0.5) is 0 Å². The van der Waals surface area contributed by atoms with Crippen LogP contribution >= 0.6 is 11.8 Å². The van der Waals surface area contributed by atoms with Crippen LogP contribution in [0.15, 0.2) is 30.6 Å². The van der Waals surface area contributed by atoms with Crippen LogP contribution in [0.5, 0.6) is 0 Å². The number of carbonyl (C=O) groups excluding carboxylic acids is 2. The van der Waals surface area contributed by atoms with Crippen molar-refractivity contribution in [2.45, 2.75) is 12.5 Å². The van der Waals surface area contributed by atoms with Gasteiger partial charge in [0, 0.05) is 5.56 Å². The molecule has 2 rings (SSSR count). The SMILES string of the molecule is COC(=O)[C@@H](CCSC)NC(=O)c1cccc(-n2cnnn2)c1. The normalized spacial score (nSPS) is 11.7. The lowest BCUT2D eigenvalue weighted by Gasteiger charge is -2.16. The van der Waals surface area contributed by atoms with Gasteiger partial charge in [-0.25, -0.2) is 9.48 Å². The summed E-state index contributed by atoms with van der Waals surface area (Å²) in [5, 5.41) is 13.6. The Morgan fingerprint density at radius 1 is 1.43 bits per heavy atom. The fourth-order valence-corrected chi connectivity index (χ4v) is 2.41. The van der Waals surface area contributed by atoms with Crippen LogP contribution in [0.3, 0.4) is 0 Å². The molecule has 1 atom stereocenters. The van der Waals surface area contributed by atoms with E-state index in [-0.39, 0.29) is 5.91 Å². The first kappa shape index (κ1) is 16.9. The van der Waals surface area contributed by atoms with Crippen molar-refractivity contribution >= 4 is 23.6 Å². The van der Waals surface area contributed by atoms with E-state index in [1.165, 1.54) is 18.1 Å². The summed E-state index contributed by atoms with van der Waals surface area (Å²) in [7, 11) is 1.30. The number of nitrogens with one attached hydrogen (secondary N) is 1. The number of benzene rings is 1. The van der Waals surface area contributed by atoms with Crippen molar-refractivity contribution in [3.63, 3.8) is 0 Å². The van der Waals surface area contributed by atoms with Crippen LogP contribution in [-0.4, -0.2) is 57.2 Å². The second-order valence-electron chi connectivity index (χ2n) is 4.64. The van der Waals surface area contributed by atoms with Crippen LogP contribution in [0, 0.1) is 0 Å². The van der Waals surface area contributed by atoms with Gasteiger partial charge in [-0.3, -0.25) is 4.79 Å². The molecule has 0 radical (unpaired) electrons. The van der Waals surface area contributed by atoms with Crippen molar-refractivity contribution in [1.82, 2.24) is 25.5 Å². The highest BCUT2D eigenvalue weighted by molar-refractivity contribution is 7.98. The van der Waals surface area contributed by atoms with Gasteiger partial charge in [0.25, 0.3) is 5.91 Å². The highest BCUT2D eigenvalue weighted by atomic mass is 32.2. The zero-order valence-electron chi connectivity index (χ0n) is 12.8. The van der Waals surface area contributed by atoms with Crippen molar-refractivity contribution in [2.24, 2.45) is 0 Å². The Labute approximate surface area is 137 Å². The largest absolute Gasteiger partial charge is 0.467 e. The van der Waals surface area contributed by atoms with E-state index in [4.69, 9.17) is 4.74 Å².